The molecule has 2 aliphatic heterocycles. The van der Waals surface area contributed by atoms with Gasteiger partial charge in [-0.1, -0.05) is 0 Å². The van der Waals surface area contributed by atoms with Crippen molar-refractivity contribution in [3.63, 3.8) is 0 Å². The van der Waals surface area contributed by atoms with E-state index >= 15 is 0 Å². The van der Waals surface area contributed by atoms with Crippen LogP contribution >= 0.6 is 0 Å². The second kappa shape index (κ2) is 9.73. The maximum Gasteiger partial charge on any atom is 0.224 e. The zero-order valence-corrected chi connectivity index (χ0v) is 19.6. The summed E-state index contributed by atoms with van der Waals surface area (Å²) in [6, 6.07) is 7.91. The predicted octanol–water partition coefficient (Wildman–Crippen LogP) is 2.36. The minimum Gasteiger partial charge on any atom is -0.497 e. The number of amides is 1. The molecule has 0 radical (unpaired) electrons. The zero-order chi connectivity index (χ0) is 22.7. The predicted molar refractivity (Wildman–Crippen MR) is 126 cm³/mol. The van der Waals surface area contributed by atoms with Gasteiger partial charge in [-0.3, -0.25) is 4.79 Å². The Morgan fingerprint density at radius 3 is 2.75 bits per heavy atom. The summed E-state index contributed by atoms with van der Waals surface area (Å²) in [5.74, 6) is 3.04. The van der Waals surface area contributed by atoms with E-state index in [1.165, 1.54) is 5.56 Å². The summed E-state index contributed by atoms with van der Waals surface area (Å²) in [5.41, 5.74) is 3.44. The highest BCUT2D eigenvalue weighted by atomic mass is 16.5. The zero-order valence-electron chi connectivity index (χ0n) is 19.6. The number of likely N-dealkylation sites (tertiary alicyclic amines) is 1. The Morgan fingerprint density at radius 1 is 1.25 bits per heavy atom. The number of fused-ring (bicyclic) bond motifs is 1. The summed E-state index contributed by atoms with van der Waals surface area (Å²) in [6.45, 7) is 4.05. The van der Waals surface area contributed by atoms with Crippen molar-refractivity contribution in [3.8, 4) is 5.75 Å². The number of nitrogens with one attached hydrogen (secondary N) is 1. The van der Waals surface area contributed by atoms with E-state index in [1.54, 1.807) is 7.11 Å². The molecule has 0 unspecified atom stereocenters. The molecule has 1 amide bonds. The molecule has 0 bridgehead atoms. The van der Waals surface area contributed by atoms with Crippen LogP contribution in [0.25, 0.3) is 0 Å². The van der Waals surface area contributed by atoms with Crippen LogP contribution in [0.5, 0.6) is 5.75 Å². The molecule has 0 saturated carbocycles. The molecule has 1 aromatic carbocycles. The lowest BCUT2D eigenvalue weighted by Crippen LogP contribution is -2.32. The number of ether oxygens (including phenoxy) is 1. The smallest absolute Gasteiger partial charge is 0.224 e. The largest absolute Gasteiger partial charge is 0.497 e. The maximum atomic E-state index is 12.9. The number of benzene rings is 1. The molecule has 0 aliphatic carbocycles. The molecule has 1 aromatic heterocycles. The number of hydrogen-bond acceptors (Lipinski definition) is 7. The highest BCUT2D eigenvalue weighted by Crippen LogP contribution is 2.30. The van der Waals surface area contributed by atoms with Crippen molar-refractivity contribution in [2.45, 2.75) is 31.7 Å². The molecule has 8 heteroatoms. The van der Waals surface area contributed by atoms with Crippen LogP contribution in [0.1, 0.15) is 35.8 Å². The van der Waals surface area contributed by atoms with Crippen LogP contribution in [0.4, 0.5) is 11.5 Å². The molecular weight excluding hydrogens is 404 g/mol. The monoisotopic (exact) mass is 438 g/mol. The van der Waals surface area contributed by atoms with E-state index in [4.69, 9.17) is 14.7 Å². The van der Waals surface area contributed by atoms with E-state index < -0.39 is 0 Å². The summed E-state index contributed by atoms with van der Waals surface area (Å²) in [5, 5.41) is 3.26. The molecule has 2 aromatic rings. The lowest BCUT2D eigenvalue weighted by molar-refractivity contribution is -0.129. The third-order valence-electron chi connectivity index (χ3n) is 6.59. The molecule has 32 heavy (non-hydrogen) atoms. The Hall–Kier alpha value is -2.87. The number of carbonyl (C=O) groups is 1. The highest BCUT2D eigenvalue weighted by molar-refractivity contribution is 5.77. The molecule has 172 valence electrons. The van der Waals surface area contributed by atoms with Gasteiger partial charge in [0, 0.05) is 76.8 Å². The van der Waals surface area contributed by atoms with Gasteiger partial charge in [-0.25, -0.2) is 9.97 Å². The molecule has 2 aliphatic rings. The molecule has 1 saturated heterocycles. The lowest BCUT2D eigenvalue weighted by atomic mass is 10.0. The Morgan fingerprint density at radius 2 is 2.03 bits per heavy atom. The van der Waals surface area contributed by atoms with Crippen molar-refractivity contribution in [2.24, 2.45) is 0 Å². The van der Waals surface area contributed by atoms with Crippen LogP contribution in [-0.2, 0) is 17.8 Å². The number of likely N-dealkylation sites (N-methyl/N-ethyl adjacent to an activating group) is 1. The third-order valence-corrected chi connectivity index (χ3v) is 6.59. The Kier molecular flexibility index (Phi) is 6.79. The number of aromatic nitrogens is 2. The third kappa shape index (κ3) is 4.80. The summed E-state index contributed by atoms with van der Waals surface area (Å²) < 4.78 is 5.22. The Balaban J connectivity index is 1.35. The quantitative estimate of drug-likeness (QED) is 0.711. The second-order valence-corrected chi connectivity index (χ2v) is 8.79. The fraction of sp³-hybridized carbons (Fsp3) is 0.542. The fourth-order valence-corrected chi connectivity index (χ4v) is 4.54. The number of rotatable bonds is 7. The summed E-state index contributed by atoms with van der Waals surface area (Å²) >= 11 is 0. The van der Waals surface area contributed by atoms with Crippen LogP contribution in [0.3, 0.4) is 0 Å². The highest BCUT2D eigenvalue weighted by Gasteiger charge is 2.31. The molecule has 3 heterocycles. The molecule has 1 fully saturated rings. The number of carbonyl (C=O) groups excluding carboxylic acids is 1. The summed E-state index contributed by atoms with van der Waals surface area (Å²) in [6.07, 6.45) is 2.36. The van der Waals surface area contributed by atoms with Gasteiger partial charge in [-0.05, 0) is 37.7 Å². The normalized spacial score (nSPS) is 18.4. The van der Waals surface area contributed by atoms with Crippen LogP contribution in [0, 0.1) is 0 Å². The topological polar surface area (TPSA) is 73.8 Å². The van der Waals surface area contributed by atoms with E-state index in [-0.39, 0.29) is 11.8 Å². The van der Waals surface area contributed by atoms with Gasteiger partial charge in [0.1, 0.15) is 17.4 Å². The van der Waals surface area contributed by atoms with E-state index in [1.807, 2.05) is 43.3 Å². The van der Waals surface area contributed by atoms with Gasteiger partial charge >= 0.3 is 0 Å². The average Bonchev–Trinajstić information content (AvgIpc) is 3.32. The van der Waals surface area contributed by atoms with Crippen molar-refractivity contribution in [1.29, 1.82) is 0 Å². The maximum absolute atomic E-state index is 12.9. The second-order valence-electron chi connectivity index (χ2n) is 8.79. The lowest BCUT2D eigenvalue weighted by Gasteiger charge is -2.26. The van der Waals surface area contributed by atoms with Gasteiger partial charge < -0.3 is 24.8 Å². The van der Waals surface area contributed by atoms with Crippen molar-refractivity contribution in [2.75, 3.05) is 64.6 Å². The minimum absolute atomic E-state index is 0.196. The Bertz CT molecular complexity index is 931. The molecule has 1 N–H and O–H groups in total. The van der Waals surface area contributed by atoms with Crippen molar-refractivity contribution in [3.05, 3.63) is 41.3 Å². The average molecular weight is 439 g/mol. The van der Waals surface area contributed by atoms with Gasteiger partial charge in [0.25, 0.3) is 0 Å². The van der Waals surface area contributed by atoms with Gasteiger partial charge in [-0.15, -0.1) is 0 Å². The Labute approximate surface area is 190 Å². The fourth-order valence-electron chi connectivity index (χ4n) is 4.54. The van der Waals surface area contributed by atoms with Crippen LogP contribution in [0.2, 0.25) is 0 Å². The first-order valence-corrected chi connectivity index (χ1v) is 11.4. The number of anilines is 2. The first-order chi connectivity index (χ1) is 15.5. The van der Waals surface area contributed by atoms with Crippen LogP contribution in [0.15, 0.2) is 24.3 Å². The molecule has 1 atom stereocenters. The van der Waals surface area contributed by atoms with Crippen molar-refractivity contribution < 1.29 is 9.53 Å². The van der Waals surface area contributed by atoms with Crippen LogP contribution in [-0.4, -0.2) is 80.1 Å². The minimum atomic E-state index is 0.196. The van der Waals surface area contributed by atoms with Gasteiger partial charge in [-0.2, -0.15) is 0 Å². The first-order valence-electron chi connectivity index (χ1n) is 11.4. The van der Waals surface area contributed by atoms with E-state index in [9.17, 15) is 4.79 Å². The van der Waals surface area contributed by atoms with Gasteiger partial charge in [0.15, 0.2) is 0 Å². The molecular formula is C24H34N6O2. The van der Waals surface area contributed by atoms with E-state index in [0.717, 1.165) is 61.2 Å². The number of methoxy groups -OCH3 is 1. The van der Waals surface area contributed by atoms with Gasteiger partial charge in [0.2, 0.25) is 5.91 Å². The van der Waals surface area contributed by atoms with Crippen molar-refractivity contribution in [1.82, 2.24) is 19.8 Å². The summed E-state index contributed by atoms with van der Waals surface area (Å²) in [4.78, 5) is 29.0. The van der Waals surface area contributed by atoms with E-state index in [0.29, 0.717) is 19.5 Å². The van der Waals surface area contributed by atoms with Crippen LogP contribution < -0.4 is 15.0 Å². The summed E-state index contributed by atoms with van der Waals surface area (Å²) in [7, 11) is 7.72. The SMILES string of the molecule is CNc1nc([C@H]2CCN(C(=O)CCN(C)c3ccc(OC)cc3)C2)nc2c1CN(C)CC2. The number of hydrogen-bond donors (Lipinski definition) is 1. The molecule has 0 spiro atoms. The first kappa shape index (κ1) is 22.3. The molecule has 4 rings (SSSR count). The number of nitrogens with zero attached hydrogens (tertiary/aromatic N) is 5. The van der Waals surface area contributed by atoms with Gasteiger partial charge in [0.05, 0.1) is 12.8 Å². The standard InChI is InChI=1S/C24H34N6O2/c1-25-24-20-16-28(2)12-10-21(20)26-23(27-24)17-9-14-30(15-17)22(31)11-13-29(3)18-5-7-19(32-4)8-6-18/h5-8,17H,9-16H2,1-4H3,(H,25,26,27)/t17-/m0/s1. The van der Waals surface area contributed by atoms with E-state index in [2.05, 4.69) is 22.2 Å². The molecule has 8 nitrogen and oxygen atoms in total. The van der Waals surface area contributed by atoms with Crippen molar-refractivity contribution >= 4 is 17.4 Å².